The summed E-state index contributed by atoms with van der Waals surface area (Å²) in [6, 6.07) is 7.55. The summed E-state index contributed by atoms with van der Waals surface area (Å²) in [7, 11) is 0. The van der Waals surface area contributed by atoms with Crippen molar-refractivity contribution in [3.63, 3.8) is 0 Å². The zero-order valence-electron chi connectivity index (χ0n) is 10.6. The van der Waals surface area contributed by atoms with Gasteiger partial charge in [-0.2, -0.15) is 0 Å². The largest absolute Gasteiger partial charge is 0.507 e. The Bertz CT molecular complexity index is 663. The Morgan fingerprint density at radius 2 is 2.05 bits per heavy atom. The fraction of sp³-hybridized carbons (Fsp3) is 0.143. The molecule has 0 radical (unpaired) electrons. The molecule has 0 unspecified atom stereocenters. The summed E-state index contributed by atoms with van der Waals surface area (Å²) in [6.07, 6.45) is 0. The highest BCUT2D eigenvalue weighted by atomic mass is 35.5. The van der Waals surface area contributed by atoms with E-state index in [1.165, 1.54) is 29.5 Å². The monoisotopic (exact) mass is 310 g/mol. The van der Waals surface area contributed by atoms with Gasteiger partial charge in [0.2, 0.25) is 5.78 Å². The number of phenolic OH excluding ortho intramolecular Hbond substituents is 1. The van der Waals surface area contributed by atoms with Crippen LogP contribution in [0.1, 0.15) is 24.9 Å². The maximum atomic E-state index is 11.8. The van der Waals surface area contributed by atoms with Gasteiger partial charge in [-0.15, -0.1) is 11.3 Å². The van der Waals surface area contributed by atoms with Crippen molar-refractivity contribution in [1.29, 1.82) is 0 Å². The van der Waals surface area contributed by atoms with Gasteiger partial charge >= 0.3 is 5.97 Å². The lowest BCUT2D eigenvalue weighted by molar-refractivity contribution is 0.0473. The second-order valence-electron chi connectivity index (χ2n) is 4.07. The molecule has 0 aliphatic rings. The fourth-order valence-corrected chi connectivity index (χ4v) is 2.50. The van der Waals surface area contributed by atoms with E-state index in [4.69, 9.17) is 16.3 Å². The molecule has 2 rings (SSSR count). The maximum Gasteiger partial charge on any atom is 0.342 e. The summed E-state index contributed by atoms with van der Waals surface area (Å²) in [5.41, 5.74) is -0.0624. The predicted octanol–water partition coefficient (Wildman–Crippen LogP) is 3.46. The zero-order valence-corrected chi connectivity index (χ0v) is 12.1. The molecule has 0 bridgehead atoms. The quantitative estimate of drug-likeness (QED) is 0.694. The number of Topliss-reactive ketones (excluding diaryl/α,β-unsaturated/α-hetero) is 1. The molecule has 1 heterocycles. The molecule has 0 aliphatic carbocycles. The second-order valence-corrected chi connectivity index (χ2v) is 5.80. The third kappa shape index (κ3) is 3.37. The molecule has 4 nitrogen and oxygen atoms in total. The van der Waals surface area contributed by atoms with Gasteiger partial charge in [0.25, 0.3) is 0 Å². The fourth-order valence-electron chi connectivity index (χ4n) is 1.54. The van der Waals surface area contributed by atoms with E-state index in [0.29, 0.717) is 9.90 Å². The molecule has 0 spiro atoms. The summed E-state index contributed by atoms with van der Waals surface area (Å²) in [6.45, 7) is 1.52. The maximum absolute atomic E-state index is 11.8. The van der Waals surface area contributed by atoms with Crippen molar-refractivity contribution >= 4 is 34.7 Å². The van der Waals surface area contributed by atoms with E-state index in [9.17, 15) is 14.7 Å². The summed E-state index contributed by atoms with van der Waals surface area (Å²) in [5.74, 6) is -1.30. The summed E-state index contributed by atoms with van der Waals surface area (Å²) in [4.78, 5) is 25.1. The van der Waals surface area contributed by atoms with E-state index < -0.39 is 5.97 Å². The van der Waals surface area contributed by atoms with E-state index >= 15 is 0 Å². The van der Waals surface area contributed by atoms with E-state index in [1.807, 2.05) is 13.0 Å². The van der Waals surface area contributed by atoms with Crippen LogP contribution in [0, 0.1) is 6.92 Å². The first-order valence-corrected chi connectivity index (χ1v) is 6.92. The number of esters is 1. The molecular weight excluding hydrogens is 300 g/mol. The number of aromatic hydroxyl groups is 1. The molecule has 1 aromatic heterocycles. The summed E-state index contributed by atoms with van der Waals surface area (Å²) in [5, 5.41) is 9.85. The molecule has 104 valence electrons. The van der Waals surface area contributed by atoms with Gasteiger partial charge in [0, 0.05) is 9.90 Å². The van der Waals surface area contributed by atoms with Crippen LogP contribution in [-0.4, -0.2) is 23.5 Å². The topological polar surface area (TPSA) is 63.6 Å². The molecule has 0 atom stereocenters. The van der Waals surface area contributed by atoms with E-state index in [-0.39, 0.29) is 23.7 Å². The van der Waals surface area contributed by atoms with Crippen LogP contribution < -0.4 is 0 Å². The molecule has 20 heavy (non-hydrogen) atoms. The highest BCUT2D eigenvalue weighted by molar-refractivity contribution is 7.14. The smallest absolute Gasteiger partial charge is 0.342 e. The molecule has 0 fully saturated rings. The third-order valence-corrected chi connectivity index (χ3v) is 3.80. The zero-order chi connectivity index (χ0) is 14.7. The molecule has 0 saturated carbocycles. The minimum Gasteiger partial charge on any atom is -0.507 e. The Morgan fingerprint density at radius 3 is 2.70 bits per heavy atom. The van der Waals surface area contributed by atoms with E-state index in [1.54, 1.807) is 6.07 Å². The highest BCUT2D eigenvalue weighted by Crippen LogP contribution is 2.22. The second kappa shape index (κ2) is 6.07. The minimum atomic E-state index is -0.786. The van der Waals surface area contributed by atoms with Gasteiger partial charge in [-0.1, -0.05) is 11.6 Å². The number of rotatable bonds is 4. The number of carbonyl (C=O) groups excluding carboxylic acids is 2. The number of hydrogen-bond donors (Lipinski definition) is 1. The lowest BCUT2D eigenvalue weighted by Crippen LogP contribution is -2.13. The molecule has 0 amide bonds. The standard InChI is InChI=1S/C14H11ClO4S/c1-8-2-5-13(20-8)12(17)7-19-14(18)10-6-9(15)3-4-11(10)16/h2-6,16H,7H2,1H3. The van der Waals surface area contributed by atoms with Gasteiger partial charge in [0.15, 0.2) is 6.61 Å². The Morgan fingerprint density at radius 1 is 1.30 bits per heavy atom. The van der Waals surface area contributed by atoms with E-state index in [0.717, 1.165) is 4.88 Å². The molecule has 0 saturated heterocycles. The van der Waals surface area contributed by atoms with Gasteiger partial charge in [-0.3, -0.25) is 4.79 Å². The van der Waals surface area contributed by atoms with Crippen LogP contribution in [0.3, 0.4) is 0 Å². The van der Waals surface area contributed by atoms with E-state index in [2.05, 4.69) is 0 Å². The molecular formula is C14H11ClO4S. The van der Waals surface area contributed by atoms with Gasteiger partial charge in [0.05, 0.1) is 4.88 Å². The predicted molar refractivity (Wildman–Crippen MR) is 76.8 cm³/mol. The van der Waals surface area contributed by atoms with Crippen LogP contribution in [0.25, 0.3) is 0 Å². The molecule has 2 aromatic rings. The lowest BCUT2D eigenvalue weighted by Gasteiger charge is -2.05. The van der Waals surface area contributed by atoms with Crippen LogP contribution in [0.4, 0.5) is 0 Å². The summed E-state index contributed by atoms with van der Waals surface area (Å²) >= 11 is 7.08. The lowest BCUT2D eigenvalue weighted by atomic mass is 10.2. The SMILES string of the molecule is Cc1ccc(C(=O)COC(=O)c2cc(Cl)ccc2O)s1. The minimum absolute atomic E-state index is 0.0624. The van der Waals surface area contributed by atoms with Crippen LogP contribution in [0.15, 0.2) is 30.3 Å². The molecule has 1 aromatic carbocycles. The van der Waals surface area contributed by atoms with Crippen molar-refractivity contribution in [2.45, 2.75) is 6.92 Å². The van der Waals surface area contributed by atoms with Crippen molar-refractivity contribution < 1.29 is 19.4 Å². The van der Waals surface area contributed by atoms with Gasteiger partial charge in [-0.25, -0.2) is 4.79 Å². The number of carbonyl (C=O) groups is 2. The summed E-state index contributed by atoms with van der Waals surface area (Å²) < 4.78 is 4.89. The first-order valence-electron chi connectivity index (χ1n) is 5.72. The number of ether oxygens (including phenoxy) is 1. The Hall–Kier alpha value is -1.85. The van der Waals surface area contributed by atoms with Crippen molar-refractivity contribution in [2.24, 2.45) is 0 Å². The van der Waals surface area contributed by atoms with Crippen molar-refractivity contribution in [2.75, 3.05) is 6.61 Å². The number of benzene rings is 1. The molecule has 6 heteroatoms. The van der Waals surface area contributed by atoms with Gasteiger partial charge in [0.1, 0.15) is 11.3 Å². The van der Waals surface area contributed by atoms with Crippen LogP contribution in [-0.2, 0) is 4.74 Å². The third-order valence-electron chi connectivity index (χ3n) is 2.53. The highest BCUT2D eigenvalue weighted by Gasteiger charge is 2.16. The number of thiophene rings is 1. The first-order chi connectivity index (χ1) is 9.47. The van der Waals surface area contributed by atoms with Gasteiger partial charge in [-0.05, 0) is 37.3 Å². The van der Waals surface area contributed by atoms with Crippen molar-refractivity contribution in [3.05, 3.63) is 50.7 Å². The number of ketones is 1. The number of phenols is 1. The number of hydrogen-bond acceptors (Lipinski definition) is 5. The van der Waals surface area contributed by atoms with Crippen molar-refractivity contribution in [3.8, 4) is 5.75 Å². The molecule has 0 aliphatic heterocycles. The Labute approximate surface area is 124 Å². The number of halogens is 1. The Kier molecular flexibility index (Phi) is 4.42. The van der Waals surface area contributed by atoms with Crippen LogP contribution in [0.2, 0.25) is 5.02 Å². The van der Waals surface area contributed by atoms with Gasteiger partial charge < -0.3 is 9.84 Å². The van der Waals surface area contributed by atoms with Crippen LogP contribution in [0.5, 0.6) is 5.75 Å². The number of aryl methyl sites for hydroxylation is 1. The van der Waals surface area contributed by atoms with Crippen LogP contribution >= 0.6 is 22.9 Å². The molecule has 1 N–H and O–H groups in total. The first kappa shape index (κ1) is 14.6. The average molecular weight is 311 g/mol. The normalized spacial score (nSPS) is 10.3. The average Bonchev–Trinajstić information content (AvgIpc) is 2.85. The van der Waals surface area contributed by atoms with Crippen molar-refractivity contribution in [1.82, 2.24) is 0 Å². The Balaban J connectivity index is 2.02.